The van der Waals surface area contributed by atoms with Gasteiger partial charge in [-0.1, -0.05) is 55.5 Å². The second kappa shape index (κ2) is 51.1. The summed E-state index contributed by atoms with van der Waals surface area (Å²) in [5.74, 6) is -2.50. The molecule has 3 aromatic carbocycles. The minimum absolute atomic E-state index is 0.0130. The lowest BCUT2D eigenvalue weighted by Crippen LogP contribution is -2.54. The van der Waals surface area contributed by atoms with Gasteiger partial charge in [0.05, 0.1) is 151 Å². The largest absolute Gasteiger partial charge is 0.501 e. The van der Waals surface area contributed by atoms with E-state index in [0.29, 0.717) is 147 Å². The van der Waals surface area contributed by atoms with Crippen LogP contribution in [0.4, 0.5) is 17.2 Å². The van der Waals surface area contributed by atoms with Crippen LogP contribution in [0.2, 0.25) is 0 Å². The summed E-state index contributed by atoms with van der Waals surface area (Å²) < 4.78 is 111. The molecule has 45 heteroatoms. The molecule has 6 aliphatic rings. The predicted molar refractivity (Wildman–Crippen MR) is 504 cm³/mol. The van der Waals surface area contributed by atoms with Gasteiger partial charge in [-0.2, -0.15) is 0 Å². The Morgan fingerprint density at radius 3 is 2.07 bits per heavy atom. The third kappa shape index (κ3) is 29.1. The summed E-state index contributed by atoms with van der Waals surface area (Å²) >= 11 is 1.60. The van der Waals surface area contributed by atoms with E-state index in [0.717, 1.165) is 70.8 Å². The predicted octanol–water partition coefficient (Wildman–Crippen LogP) is 4.45. The number of rotatable bonds is 55. The number of fused-ring (bicyclic) bond motifs is 2. The standard InChI is InChI=1S/C94H124N18O25S2/c1-61(2)88(94(121)110-27-8-10-74(110)93(120)100-63(4)65-12-14-66(15-13-65)90-64(5)99-60-138-90)80-53-84(104-135-80)132-37-31-106-29-30-107(62(3)54-106)32-38-131-83-50-69(22-24-97-83)112-70-17-18-71(112)57-108(56-70)75-51-73(102-103-91(75)95)72-9-6-7-11-77(72)136-139(122,123)137-79-49-67(16-19-78(79)133-87-52-76(114)89(118)81(58-113)134-87)92(119)98-26-35-125-40-43-127-44-41-126-36-33-109-55-68(101-105-109)59-130-48-47-129-46-45-128-42-39-124-34-25-96-82(115)23-28-111-85(116)20-21-86(111)117/h6-7,9,11-16,19-22,24,49-51,53,55,60-63,70-71,74,76,81,87-89,113-114,118H,8,10,17-18,23,25-48,52,54,56-59H2,1-5H3,(H2,95,103)(H,96,115)(H,98,119)(H,100,120)/t62-,63+,70?,71?,74+,76-,81-,87-,88-,89-/m1/s1. The number of carbonyl (C=O) groups excluding carboxylic acids is 6. The molecule has 43 nitrogen and oxygen atoms in total. The number of hydrogen-bond donors (Lipinski definition) is 7. The van der Waals surface area contributed by atoms with Crippen molar-refractivity contribution in [3.63, 3.8) is 0 Å². The first kappa shape index (κ1) is 103. The van der Waals surface area contributed by atoms with Crippen LogP contribution in [0, 0.1) is 12.8 Å². The van der Waals surface area contributed by atoms with Crippen molar-refractivity contribution in [1.82, 2.24) is 75.9 Å². The monoisotopic (exact) mass is 1970 g/mol. The molecule has 0 radical (unpaired) electrons. The van der Waals surface area contributed by atoms with Gasteiger partial charge in [0.1, 0.15) is 43.1 Å². The third-order valence-corrected chi connectivity index (χ3v) is 26.3. The molecule has 5 aromatic heterocycles. The number of aromatic nitrogens is 8. The van der Waals surface area contributed by atoms with Gasteiger partial charge in [0, 0.05) is 150 Å². The number of benzene rings is 3. The van der Waals surface area contributed by atoms with Crippen molar-refractivity contribution in [3.8, 4) is 50.7 Å². The number of thiazole rings is 1. The van der Waals surface area contributed by atoms with E-state index in [-0.39, 0.29) is 154 Å². The van der Waals surface area contributed by atoms with Gasteiger partial charge < -0.3 is 117 Å². The van der Waals surface area contributed by atoms with Crippen molar-refractivity contribution >= 4 is 74.4 Å². The maximum atomic E-state index is 14.4. The summed E-state index contributed by atoms with van der Waals surface area (Å²) in [4.78, 5) is 99.2. The Morgan fingerprint density at radius 1 is 0.683 bits per heavy atom. The lowest BCUT2D eigenvalue weighted by atomic mass is 9.91. The minimum Gasteiger partial charge on any atom is -0.476 e. The van der Waals surface area contributed by atoms with Gasteiger partial charge >= 0.3 is 10.4 Å². The Morgan fingerprint density at radius 2 is 1.37 bits per heavy atom. The number of carbonyl (C=O) groups is 6. The summed E-state index contributed by atoms with van der Waals surface area (Å²) in [6.45, 7) is 20.5. The highest BCUT2D eigenvalue weighted by Crippen LogP contribution is 2.42. The van der Waals surface area contributed by atoms with Crippen LogP contribution in [-0.2, 0) is 85.4 Å². The molecule has 0 saturated carbocycles. The Bertz CT molecular complexity index is 5470. The SMILES string of the molecule is Cc1ncsc1-c1ccc([C@H](C)NC(=O)[C@@H]2CCCN2C(=O)[C@@H](c2cc(OCCN3CCN(CCOc4cc(N5C6CCC5CN(c5cc(-c7ccccc7OS(=O)(=O)Oc7cc(C(=O)NCCOCCOCCOCCn8cc(COCCOCCOCCOCCNC(=O)CCN9C(=O)C=CC9=O)nn8)ccc7O[C@H]7C[C@@H](O)[C@@H](O)[C@@H](CO)O7)nnc5N)C6)ccn4)[C@H](C)C3)no2)C(C)C)cc1. The van der Waals surface area contributed by atoms with Crippen molar-refractivity contribution in [2.24, 2.45) is 5.92 Å². The highest BCUT2D eigenvalue weighted by molar-refractivity contribution is 7.82. The molecular weight excluding hydrogens is 1850 g/mol. The number of aliphatic hydroxyl groups excluding tert-OH is 3. The normalized spacial score (nSPS) is 20.0. The second-order valence-corrected chi connectivity index (χ2v) is 36.7. The molecule has 2 unspecified atom stereocenters. The van der Waals surface area contributed by atoms with E-state index < -0.39 is 77.0 Å². The number of hydrogen-bond acceptors (Lipinski definition) is 38. The van der Waals surface area contributed by atoms with Crippen LogP contribution in [0.3, 0.4) is 0 Å². The van der Waals surface area contributed by atoms with Crippen LogP contribution < -0.4 is 54.1 Å². The summed E-state index contributed by atoms with van der Waals surface area (Å²) in [6.07, 6.45) is 3.28. The number of aryl methyl sites for hydroxylation is 1. The Labute approximate surface area is 809 Å². The first-order valence-corrected chi connectivity index (χ1v) is 49.2. The van der Waals surface area contributed by atoms with Crippen LogP contribution in [0.25, 0.3) is 21.7 Å². The minimum atomic E-state index is -5.12. The molecule has 11 heterocycles. The first-order chi connectivity index (χ1) is 67.4. The van der Waals surface area contributed by atoms with E-state index in [1.54, 1.807) is 63.6 Å². The number of aliphatic hydroxyl groups is 3. The fourth-order valence-corrected chi connectivity index (χ4v) is 18.9. The smallest absolute Gasteiger partial charge is 0.476 e. The molecule has 5 fully saturated rings. The zero-order valence-corrected chi connectivity index (χ0v) is 80.3. The Balaban J connectivity index is 0.477. The summed E-state index contributed by atoms with van der Waals surface area (Å²) in [5.41, 5.74) is 14.1. The average molecular weight is 1970 g/mol. The zero-order valence-electron chi connectivity index (χ0n) is 78.6. The maximum Gasteiger partial charge on any atom is 0.501 e. The second-order valence-electron chi connectivity index (χ2n) is 34.7. The number of pyridine rings is 1. The number of nitrogens with zero attached hydrogens (tertiary/aromatic N) is 14. The lowest BCUT2D eigenvalue weighted by Gasteiger charge is -2.43. The zero-order chi connectivity index (χ0) is 97.7. The third-order valence-electron chi connectivity index (χ3n) is 24.6. The Kier molecular flexibility index (Phi) is 37.9. The number of likely N-dealkylation sites (tertiary alicyclic amines) is 1. The fraction of sp³-hybridized carbons (Fsp3) is 0.543. The van der Waals surface area contributed by atoms with E-state index >= 15 is 0 Å². The van der Waals surface area contributed by atoms with Crippen molar-refractivity contribution in [1.29, 1.82) is 0 Å². The van der Waals surface area contributed by atoms with Crippen LogP contribution >= 0.6 is 11.3 Å². The summed E-state index contributed by atoms with van der Waals surface area (Å²) in [6, 6.07) is 25.1. The molecule has 139 heavy (non-hydrogen) atoms. The van der Waals surface area contributed by atoms with Gasteiger partial charge in [0.15, 0.2) is 28.8 Å². The molecule has 2 bridgehead atoms. The molecule has 8 aromatic rings. The quantitative estimate of drug-likeness (QED) is 0.0204. The molecule has 5 saturated heterocycles. The van der Waals surface area contributed by atoms with Crippen LogP contribution in [0.1, 0.15) is 111 Å². The van der Waals surface area contributed by atoms with Crippen LogP contribution in [0.15, 0.2) is 126 Å². The van der Waals surface area contributed by atoms with Crippen molar-refractivity contribution in [2.75, 3.05) is 193 Å². The van der Waals surface area contributed by atoms with E-state index in [1.165, 1.54) is 30.4 Å². The molecule has 752 valence electrons. The molecule has 6 aliphatic heterocycles. The molecular formula is C94H124N18O25S2. The fourth-order valence-electron chi connectivity index (χ4n) is 17.4. The number of nitrogen functional groups attached to an aromatic ring is 1. The number of nitrogens with two attached hydrogens (primary N) is 1. The summed E-state index contributed by atoms with van der Waals surface area (Å²) in [5, 5.41) is 60.9. The first-order valence-electron chi connectivity index (χ1n) is 47.0. The lowest BCUT2D eigenvalue weighted by molar-refractivity contribution is -0.230. The highest BCUT2D eigenvalue weighted by atomic mass is 32.3. The van der Waals surface area contributed by atoms with Gasteiger partial charge in [0.25, 0.3) is 23.6 Å². The Hall–Kier alpha value is -11.5. The number of piperazine rings is 2. The van der Waals surface area contributed by atoms with E-state index in [4.69, 9.17) is 70.7 Å². The average Bonchev–Trinajstić information content (AvgIpc) is 1.66. The van der Waals surface area contributed by atoms with Gasteiger partial charge in [-0.25, -0.2) is 14.6 Å². The van der Waals surface area contributed by atoms with E-state index in [2.05, 4.69) is 90.2 Å². The molecule has 0 aliphatic carbocycles. The van der Waals surface area contributed by atoms with Crippen molar-refractivity contribution in [3.05, 3.63) is 149 Å². The number of amides is 6. The van der Waals surface area contributed by atoms with Crippen molar-refractivity contribution < 1.29 is 117 Å². The van der Waals surface area contributed by atoms with Gasteiger partial charge in [-0.3, -0.25) is 43.5 Å². The molecule has 6 amide bonds. The molecule has 10 atom stereocenters. The number of ether oxygens (including phenoxy) is 11. The number of imide groups is 1. The molecule has 8 N–H and O–H groups in total. The number of nitrogens with one attached hydrogen (secondary N) is 3. The molecule has 0 spiro atoms. The van der Waals surface area contributed by atoms with Crippen molar-refractivity contribution in [2.45, 2.75) is 147 Å². The topological polar surface area (TPSA) is 507 Å². The summed E-state index contributed by atoms with van der Waals surface area (Å²) in [7, 11) is -5.12. The number of anilines is 3. The van der Waals surface area contributed by atoms with E-state index in [1.807, 2.05) is 57.5 Å². The highest BCUT2D eigenvalue weighted by Gasteiger charge is 2.44. The van der Waals surface area contributed by atoms with E-state index in [9.17, 15) is 52.5 Å². The van der Waals surface area contributed by atoms with Gasteiger partial charge in [-0.05, 0) is 111 Å². The molecule has 14 rings (SSSR count). The number of para-hydroxylation sites is 1. The maximum absolute atomic E-state index is 14.4. The van der Waals surface area contributed by atoms with Gasteiger partial charge in [0.2, 0.25) is 29.9 Å². The van der Waals surface area contributed by atoms with Crippen LogP contribution in [-0.4, -0.2) is 346 Å². The van der Waals surface area contributed by atoms with Crippen LogP contribution in [0.5, 0.6) is 29.0 Å². The van der Waals surface area contributed by atoms with Gasteiger partial charge in [-0.15, -0.1) is 35.1 Å².